The minimum atomic E-state index is -0.440. The Hall–Kier alpha value is -3.81. The first-order valence-electron chi connectivity index (χ1n) is 8.74. The van der Waals surface area contributed by atoms with Crippen molar-refractivity contribution in [2.24, 2.45) is 0 Å². The average Bonchev–Trinajstić information content (AvgIpc) is 3.25. The molecule has 0 saturated heterocycles. The van der Waals surface area contributed by atoms with Crippen LogP contribution in [-0.2, 0) is 11.3 Å². The monoisotopic (exact) mass is 374 g/mol. The molecule has 1 aromatic carbocycles. The standard InChI is InChI=1S/C20H18N6O2/c1-13-8-14(2)10-15(9-13)19-22-12-25(24-19)7-5-18(27)23-26-11-17-16(20(26)28)4-3-6-21-17/h3-10,12H,11H2,1-2H3,(H,23,27)/b7-5-. The molecule has 140 valence electrons. The van der Waals surface area contributed by atoms with Gasteiger partial charge in [-0.3, -0.25) is 20.0 Å². The van der Waals surface area contributed by atoms with Gasteiger partial charge >= 0.3 is 0 Å². The fourth-order valence-electron chi connectivity index (χ4n) is 3.11. The summed E-state index contributed by atoms with van der Waals surface area (Å²) in [5.41, 5.74) is 6.88. The van der Waals surface area contributed by atoms with Crippen LogP contribution < -0.4 is 5.43 Å². The maximum Gasteiger partial charge on any atom is 0.274 e. The second kappa shape index (κ2) is 7.07. The molecule has 0 bridgehead atoms. The van der Waals surface area contributed by atoms with Crippen molar-refractivity contribution in [3.8, 4) is 11.4 Å². The number of aryl methyl sites for hydroxylation is 2. The fourth-order valence-corrected chi connectivity index (χ4v) is 3.11. The zero-order valence-electron chi connectivity index (χ0n) is 15.5. The molecule has 0 atom stereocenters. The quantitative estimate of drug-likeness (QED) is 0.706. The summed E-state index contributed by atoms with van der Waals surface area (Å²) in [5, 5.41) is 5.60. The number of hydrazine groups is 1. The van der Waals surface area contributed by atoms with Crippen molar-refractivity contribution >= 4 is 18.0 Å². The summed E-state index contributed by atoms with van der Waals surface area (Å²) in [7, 11) is 0. The number of benzene rings is 1. The summed E-state index contributed by atoms with van der Waals surface area (Å²) in [4.78, 5) is 32.8. The Bertz CT molecular complexity index is 1080. The molecule has 8 heteroatoms. The minimum Gasteiger partial charge on any atom is -0.268 e. The van der Waals surface area contributed by atoms with Crippen molar-refractivity contribution in [2.45, 2.75) is 20.4 Å². The first-order chi connectivity index (χ1) is 13.5. The van der Waals surface area contributed by atoms with E-state index in [0.717, 1.165) is 16.7 Å². The number of amides is 2. The van der Waals surface area contributed by atoms with Crippen LogP contribution >= 0.6 is 0 Å². The second-order valence-electron chi connectivity index (χ2n) is 6.61. The lowest BCUT2D eigenvalue weighted by Gasteiger charge is -2.14. The molecule has 0 fully saturated rings. The number of rotatable bonds is 4. The second-order valence-corrected chi connectivity index (χ2v) is 6.61. The van der Waals surface area contributed by atoms with Gasteiger partial charge < -0.3 is 0 Å². The number of carbonyl (C=O) groups is 2. The summed E-state index contributed by atoms with van der Waals surface area (Å²) < 4.78 is 1.45. The van der Waals surface area contributed by atoms with E-state index in [0.29, 0.717) is 17.1 Å². The molecule has 0 aliphatic carbocycles. The number of pyridine rings is 1. The zero-order chi connectivity index (χ0) is 19.7. The molecule has 2 aromatic heterocycles. The van der Waals surface area contributed by atoms with E-state index in [1.165, 1.54) is 28.3 Å². The van der Waals surface area contributed by atoms with E-state index in [4.69, 9.17) is 0 Å². The molecule has 3 aromatic rings. The number of hydrogen-bond donors (Lipinski definition) is 1. The van der Waals surface area contributed by atoms with Gasteiger partial charge in [0, 0.05) is 24.0 Å². The Labute approximate surface area is 161 Å². The van der Waals surface area contributed by atoms with Gasteiger partial charge in [0.2, 0.25) is 0 Å². The molecule has 28 heavy (non-hydrogen) atoms. The van der Waals surface area contributed by atoms with E-state index in [1.807, 2.05) is 26.0 Å². The van der Waals surface area contributed by atoms with Crippen molar-refractivity contribution < 1.29 is 9.59 Å². The summed E-state index contributed by atoms with van der Waals surface area (Å²) in [6.07, 6.45) is 5.93. The molecule has 0 radical (unpaired) electrons. The van der Waals surface area contributed by atoms with E-state index in [9.17, 15) is 9.59 Å². The maximum absolute atomic E-state index is 12.2. The van der Waals surface area contributed by atoms with Crippen molar-refractivity contribution in [3.63, 3.8) is 0 Å². The van der Waals surface area contributed by atoms with Crippen molar-refractivity contribution in [1.29, 1.82) is 0 Å². The molecular weight excluding hydrogens is 356 g/mol. The molecule has 1 N–H and O–H groups in total. The summed E-state index contributed by atoms with van der Waals surface area (Å²) >= 11 is 0. The Morgan fingerprint density at radius 3 is 2.71 bits per heavy atom. The zero-order valence-corrected chi connectivity index (χ0v) is 15.5. The number of fused-ring (bicyclic) bond motifs is 1. The van der Waals surface area contributed by atoms with Gasteiger partial charge in [-0.2, -0.15) is 0 Å². The first-order valence-corrected chi connectivity index (χ1v) is 8.74. The van der Waals surface area contributed by atoms with Gasteiger partial charge in [0.05, 0.1) is 17.8 Å². The highest BCUT2D eigenvalue weighted by atomic mass is 16.2. The Kier molecular flexibility index (Phi) is 4.44. The summed E-state index contributed by atoms with van der Waals surface area (Å²) in [6.45, 7) is 4.28. The SMILES string of the molecule is Cc1cc(C)cc(-c2ncn(/C=C\C(=O)NN3Cc4ncccc4C3=O)n2)c1. The van der Waals surface area contributed by atoms with Crippen molar-refractivity contribution in [1.82, 2.24) is 30.2 Å². The van der Waals surface area contributed by atoms with Gasteiger partial charge in [0.25, 0.3) is 11.8 Å². The van der Waals surface area contributed by atoms with E-state index in [-0.39, 0.29) is 12.5 Å². The van der Waals surface area contributed by atoms with Gasteiger partial charge in [-0.1, -0.05) is 17.2 Å². The van der Waals surface area contributed by atoms with Gasteiger partial charge in [-0.25, -0.2) is 14.7 Å². The van der Waals surface area contributed by atoms with Gasteiger partial charge in [-0.15, -0.1) is 5.10 Å². The molecular formula is C20H18N6O2. The molecule has 1 aliphatic heterocycles. The Morgan fingerprint density at radius 2 is 1.96 bits per heavy atom. The van der Waals surface area contributed by atoms with Crippen LogP contribution in [0.15, 0.2) is 48.9 Å². The predicted octanol–water partition coefficient (Wildman–Crippen LogP) is 2.11. The normalized spacial score (nSPS) is 13.2. The predicted molar refractivity (Wildman–Crippen MR) is 103 cm³/mol. The van der Waals surface area contributed by atoms with Gasteiger partial charge in [-0.05, 0) is 38.1 Å². The van der Waals surface area contributed by atoms with Crippen LogP contribution in [0.25, 0.3) is 17.6 Å². The third kappa shape index (κ3) is 3.52. The average molecular weight is 374 g/mol. The third-order valence-corrected chi connectivity index (χ3v) is 4.29. The number of aromatic nitrogens is 4. The highest BCUT2D eigenvalue weighted by Gasteiger charge is 2.28. The van der Waals surface area contributed by atoms with Crippen LogP contribution in [0.1, 0.15) is 27.2 Å². The van der Waals surface area contributed by atoms with Crippen LogP contribution in [0.4, 0.5) is 0 Å². The maximum atomic E-state index is 12.2. The van der Waals surface area contributed by atoms with Gasteiger partial charge in [0.1, 0.15) is 6.33 Å². The van der Waals surface area contributed by atoms with Crippen LogP contribution in [0.2, 0.25) is 0 Å². The lowest BCUT2D eigenvalue weighted by atomic mass is 10.1. The number of carbonyl (C=O) groups excluding carboxylic acids is 2. The lowest BCUT2D eigenvalue weighted by molar-refractivity contribution is -0.120. The third-order valence-electron chi connectivity index (χ3n) is 4.29. The van der Waals surface area contributed by atoms with Crippen LogP contribution in [-0.4, -0.2) is 36.6 Å². The van der Waals surface area contributed by atoms with E-state index >= 15 is 0 Å². The molecule has 3 heterocycles. The van der Waals surface area contributed by atoms with Crippen LogP contribution in [0.5, 0.6) is 0 Å². The van der Waals surface area contributed by atoms with Crippen molar-refractivity contribution in [2.75, 3.05) is 0 Å². The summed E-state index contributed by atoms with van der Waals surface area (Å²) in [6, 6.07) is 9.48. The molecule has 4 rings (SSSR count). The highest BCUT2D eigenvalue weighted by Crippen LogP contribution is 2.19. The molecule has 1 aliphatic rings. The van der Waals surface area contributed by atoms with E-state index in [1.54, 1.807) is 18.3 Å². The topological polar surface area (TPSA) is 93.0 Å². The molecule has 8 nitrogen and oxygen atoms in total. The smallest absolute Gasteiger partial charge is 0.268 e. The number of nitrogens with one attached hydrogen (secondary N) is 1. The molecule has 0 saturated carbocycles. The number of hydrogen-bond acceptors (Lipinski definition) is 5. The minimum absolute atomic E-state index is 0.245. The highest BCUT2D eigenvalue weighted by molar-refractivity contribution is 6.00. The largest absolute Gasteiger partial charge is 0.274 e. The van der Waals surface area contributed by atoms with Gasteiger partial charge in [0.15, 0.2) is 5.82 Å². The van der Waals surface area contributed by atoms with E-state index < -0.39 is 5.91 Å². The van der Waals surface area contributed by atoms with Crippen molar-refractivity contribution in [3.05, 3.63) is 71.3 Å². The van der Waals surface area contributed by atoms with Crippen LogP contribution in [0, 0.1) is 13.8 Å². The fraction of sp³-hybridized carbons (Fsp3) is 0.150. The summed E-state index contributed by atoms with van der Waals surface area (Å²) in [5.74, 6) is -0.139. The Morgan fingerprint density at radius 1 is 1.18 bits per heavy atom. The Balaban J connectivity index is 1.42. The number of nitrogens with zero attached hydrogens (tertiary/aromatic N) is 5. The molecule has 2 amide bonds. The van der Waals surface area contributed by atoms with E-state index in [2.05, 4.69) is 26.6 Å². The van der Waals surface area contributed by atoms with Crippen LogP contribution in [0.3, 0.4) is 0 Å². The molecule has 0 unspecified atom stereocenters. The first kappa shape index (κ1) is 17.6. The molecule has 0 spiro atoms. The lowest BCUT2D eigenvalue weighted by Crippen LogP contribution is -2.41.